The summed E-state index contributed by atoms with van der Waals surface area (Å²) in [5, 5.41) is 0. The van der Waals surface area contributed by atoms with Crippen LogP contribution in [0.15, 0.2) is 36.5 Å². The summed E-state index contributed by atoms with van der Waals surface area (Å²) in [6.45, 7) is 8.48. The minimum absolute atomic E-state index is 0.0772. The largest absolute Gasteiger partial charge is 0.493 e. The third-order valence-electron chi connectivity index (χ3n) is 5.51. The van der Waals surface area contributed by atoms with Crippen molar-refractivity contribution >= 4 is 17.7 Å². The maximum absolute atomic E-state index is 13.2. The van der Waals surface area contributed by atoms with Gasteiger partial charge < -0.3 is 14.2 Å². The van der Waals surface area contributed by atoms with Crippen molar-refractivity contribution in [2.75, 3.05) is 7.11 Å². The van der Waals surface area contributed by atoms with Gasteiger partial charge in [-0.05, 0) is 30.5 Å². The normalized spacial score (nSPS) is 13.7. The van der Waals surface area contributed by atoms with Gasteiger partial charge in [0.15, 0.2) is 17.2 Å². The fraction of sp³-hybridized carbons (Fsp3) is 0.440. The molecule has 1 aromatic carbocycles. The molecule has 0 aliphatic rings. The van der Waals surface area contributed by atoms with Crippen LogP contribution in [0, 0.1) is 17.7 Å². The fourth-order valence-electron chi connectivity index (χ4n) is 3.33. The van der Waals surface area contributed by atoms with E-state index in [1.807, 2.05) is 20.8 Å². The highest BCUT2D eigenvalue weighted by molar-refractivity contribution is 6.00. The lowest BCUT2D eigenvalue weighted by molar-refractivity contribution is -0.155. The van der Waals surface area contributed by atoms with Crippen LogP contribution in [0.2, 0.25) is 0 Å². The van der Waals surface area contributed by atoms with Gasteiger partial charge in [0, 0.05) is 31.5 Å². The highest BCUT2D eigenvalue weighted by atomic mass is 19.1. The van der Waals surface area contributed by atoms with E-state index in [1.165, 1.54) is 38.4 Å². The number of esters is 2. The monoisotopic (exact) mass is 459 g/mol. The molecule has 7 nitrogen and oxygen atoms in total. The number of aromatic nitrogens is 1. The van der Waals surface area contributed by atoms with Crippen molar-refractivity contribution in [2.24, 2.45) is 11.8 Å². The van der Waals surface area contributed by atoms with Crippen molar-refractivity contribution in [2.45, 2.75) is 53.1 Å². The molecule has 0 fully saturated rings. The third-order valence-corrected chi connectivity index (χ3v) is 5.51. The molecule has 0 bridgehead atoms. The lowest BCUT2D eigenvalue weighted by atomic mass is 9.89. The molecule has 178 valence electrons. The van der Waals surface area contributed by atoms with Crippen molar-refractivity contribution in [1.82, 2.24) is 4.98 Å². The number of carbonyl (C=O) groups is 3. The number of ketones is 1. The van der Waals surface area contributed by atoms with Gasteiger partial charge in [0.25, 0.3) is 0 Å². The van der Waals surface area contributed by atoms with Gasteiger partial charge in [-0.3, -0.25) is 14.4 Å². The second kappa shape index (κ2) is 11.5. The zero-order chi connectivity index (χ0) is 24.7. The molecule has 0 amide bonds. The summed E-state index contributed by atoms with van der Waals surface area (Å²) in [6, 6.07) is 7.50. The Morgan fingerprint density at radius 1 is 1.03 bits per heavy atom. The summed E-state index contributed by atoms with van der Waals surface area (Å²) >= 11 is 0. The summed E-state index contributed by atoms with van der Waals surface area (Å²) in [5.41, 5.74) is 0.746. The molecule has 0 aliphatic heterocycles. The van der Waals surface area contributed by atoms with Crippen LogP contribution >= 0.6 is 0 Å². The summed E-state index contributed by atoms with van der Waals surface area (Å²) in [5.74, 6) is -2.95. The Kier molecular flexibility index (Phi) is 9.08. The Bertz CT molecular complexity index is 989. The van der Waals surface area contributed by atoms with E-state index in [2.05, 4.69) is 4.98 Å². The molecule has 0 spiro atoms. The van der Waals surface area contributed by atoms with Crippen LogP contribution in [0.5, 0.6) is 11.5 Å². The smallest absolute Gasteiger partial charge is 0.309 e. The Morgan fingerprint density at radius 3 is 2.21 bits per heavy atom. The SMILES string of the molecule is COc1ccnc(C(=O)C[C@H](C(=O)O[C@@H](C)[C@@H](C)c2ccc(F)cc2)C(C)C)c1OC(C)=O. The van der Waals surface area contributed by atoms with Gasteiger partial charge in [-0.15, -0.1) is 0 Å². The molecule has 0 radical (unpaired) electrons. The van der Waals surface area contributed by atoms with E-state index >= 15 is 0 Å². The molecule has 8 heteroatoms. The van der Waals surface area contributed by atoms with E-state index in [0.717, 1.165) is 5.56 Å². The van der Waals surface area contributed by atoms with Crippen LogP contribution < -0.4 is 9.47 Å². The predicted molar refractivity (Wildman–Crippen MR) is 120 cm³/mol. The van der Waals surface area contributed by atoms with Crippen molar-refractivity contribution in [3.63, 3.8) is 0 Å². The molecule has 2 rings (SSSR count). The van der Waals surface area contributed by atoms with E-state index in [1.54, 1.807) is 19.1 Å². The average molecular weight is 460 g/mol. The van der Waals surface area contributed by atoms with Crippen LogP contribution in [-0.2, 0) is 14.3 Å². The maximum atomic E-state index is 13.2. The Balaban J connectivity index is 2.18. The minimum atomic E-state index is -0.737. The number of nitrogens with zero attached hydrogens (tertiary/aromatic N) is 1. The maximum Gasteiger partial charge on any atom is 0.309 e. The summed E-state index contributed by atoms with van der Waals surface area (Å²) in [4.78, 5) is 41.6. The predicted octanol–water partition coefficient (Wildman–Crippen LogP) is 4.74. The molecule has 0 unspecified atom stereocenters. The van der Waals surface area contributed by atoms with Crippen molar-refractivity contribution < 1.29 is 33.0 Å². The molecule has 0 aliphatic carbocycles. The lowest BCUT2D eigenvalue weighted by Gasteiger charge is -2.25. The molecule has 0 saturated heterocycles. The summed E-state index contributed by atoms with van der Waals surface area (Å²) < 4.78 is 29.2. The number of hydrogen-bond acceptors (Lipinski definition) is 7. The Hall–Kier alpha value is -3.29. The number of ether oxygens (including phenoxy) is 3. The Labute approximate surface area is 193 Å². The second-order valence-electron chi connectivity index (χ2n) is 8.24. The molecular formula is C25H30FNO6. The van der Waals surface area contributed by atoms with Crippen molar-refractivity contribution in [1.29, 1.82) is 0 Å². The van der Waals surface area contributed by atoms with Crippen LogP contribution in [0.25, 0.3) is 0 Å². The van der Waals surface area contributed by atoms with Gasteiger partial charge in [0.2, 0.25) is 5.75 Å². The standard InChI is InChI=1S/C25H30FNO6/c1-14(2)20(25(30)32-16(4)15(3)18-7-9-19(26)10-8-18)13-21(29)23-24(33-17(5)28)22(31-6)11-12-27-23/h7-12,14-16,20H,13H2,1-6H3/t15-,16+,20+/m1/s1. The number of carbonyl (C=O) groups excluding carboxylic acids is 3. The van der Waals surface area contributed by atoms with Gasteiger partial charge in [-0.25, -0.2) is 9.37 Å². The van der Waals surface area contributed by atoms with Gasteiger partial charge in [-0.2, -0.15) is 0 Å². The van der Waals surface area contributed by atoms with Crippen LogP contribution in [0.4, 0.5) is 4.39 Å². The van der Waals surface area contributed by atoms with Gasteiger partial charge in [0.05, 0.1) is 13.0 Å². The third kappa shape index (κ3) is 6.84. The average Bonchev–Trinajstić information content (AvgIpc) is 2.76. The van der Waals surface area contributed by atoms with Crippen molar-refractivity contribution in [3.8, 4) is 11.5 Å². The summed E-state index contributed by atoms with van der Waals surface area (Å²) in [7, 11) is 1.38. The molecule has 3 atom stereocenters. The van der Waals surface area contributed by atoms with Crippen LogP contribution in [0.3, 0.4) is 0 Å². The number of Topliss-reactive ketones (excluding diaryl/α,β-unsaturated/α-hetero) is 1. The van der Waals surface area contributed by atoms with Gasteiger partial charge in [-0.1, -0.05) is 32.9 Å². The molecular weight excluding hydrogens is 429 g/mol. The van der Waals surface area contributed by atoms with Crippen LogP contribution in [-0.4, -0.2) is 35.9 Å². The highest BCUT2D eigenvalue weighted by Crippen LogP contribution is 2.32. The van der Waals surface area contributed by atoms with Gasteiger partial charge >= 0.3 is 11.9 Å². The van der Waals surface area contributed by atoms with Crippen molar-refractivity contribution in [3.05, 3.63) is 53.6 Å². The highest BCUT2D eigenvalue weighted by Gasteiger charge is 2.32. The van der Waals surface area contributed by atoms with E-state index in [0.29, 0.717) is 0 Å². The molecule has 0 N–H and O–H groups in total. The first-order valence-corrected chi connectivity index (χ1v) is 10.8. The van der Waals surface area contributed by atoms with Crippen LogP contribution in [0.1, 0.15) is 63.0 Å². The van der Waals surface area contributed by atoms with Gasteiger partial charge in [0.1, 0.15) is 11.9 Å². The lowest BCUT2D eigenvalue weighted by Crippen LogP contribution is -2.30. The van der Waals surface area contributed by atoms with E-state index in [4.69, 9.17) is 14.2 Å². The quantitative estimate of drug-likeness (QED) is 0.374. The topological polar surface area (TPSA) is 91.8 Å². The minimum Gasteiger partial charge on any atom is -0.493 e. The van der Waals surface area contributed by atoms with E-state index in [9.17, 15) is 18.8 Å². The zero-order valence-corrected chi connectivity index (χ0v) is 19.8. The summed E-state index contributed by atoms with van der Waals surface area (Å²) in [6.07, 6.45) is 0.697. The zero-order valence-electron chi connectivity index (χ0n) is 19.8. The second-order valence-corrected chi connectivity index (χ2v) is 8.24. The number of benzene rings is 1. The molecule has 1 aromatic heterocycles. The number of pyridine rings is 1. The van der Waals surface area contributed by atoms with E-state index < -0.39 is 29.7 Å². The first-order chi connectivity index (χ1) is 15.5. The Morgan fingerprint density at radius 2 is 1.67 bits per heavy atom. The molecule has 1 heterocycles. The fourth-order valence-corrected chi connectivity index (χ4v) is 3.33. The molecule has 2 aromatic rings. The number of methoxy groups -OCH3 is 1. The molecule has 33 heavy (non-hydrogen) atoms. The number of rotatable bonds is 10. The number of halogens is 1. The number of hydrogen-bond donors (Lipinski definition) is 0. The van der Waals surface area contributed by atoms with E-state index in [-0.39, 0.29) is 41.3 Å². The first kappa shape index (κ1) is 26.0. The first-order valence-electron chi connectivity index (χ1n) is 10.8. The molecule has 0 saturated carbocycles.